The minimum Gasteiger partial charge on any atom is -0.443 e. The predicted octanol–water partition coefficient (Wildman–Crippen LogP) is 6.50. The molecule has 0 saturated carbocycles. The Morgan fingerprint density at radius 2 is 1.84 bits per heavy atom. The number of nitrogens with zero attached hydrogens (tertiary/aromatic N) is 3. The van der Waals surface area contributed by atoms with Gasteiger partial charge in [0.05, 0.1) is 29.5 Å². The molecular weight excluding hydrogens is 449 g/mol. The zero-order valence-electron chi connectivity index (χ0n) is 18.7. The van der Waals surface area contributed by atoms with Crippen molar-refractivity contribution in [2.45, 2.75) is 60.6 Å². The molecule has 1 aliphatic heterocycles. The molecule has 6 nitrogen and oxygen atoms in total. The smallest absolute Gasteiger partial charge is 0.410 e. The highest BCUT2D eigenvalue weighted by Gasteiger charge is 2.32. The van der Waals surface area contributed by atoms with Gasteiger partial charge in [-0.25, -0.2) is 23.5 Å². The fourth-order valence-electron chi connectivity index (χ4n) is 2.51. The number of aromatic nitrogens is 2. The Bertz CT molecular complexity index is 837. The SMILES string of the molecule is C=C(Cl)/C=C(Cl)\C(=C/C)c1nc(N)nc2c1CN(C(=O)OCC(C)(F)F)C2.CC.CC. The van der Waals surface area contributed by atoms with Crippen LogP contribution >= 0.6 is 23.2 Å². The van der Waals surface area contributed by atoms with E-state index in [4.69, 9.17) is 28.9 Å². The minimum absolute atomic E-state index is 0.00687. The Hall–Kier alpha value is -2.19. The Balaban J connectivity index is 0.00000212. The van der Waals surface area contributed by atoms with Crippen molar-refractivity contribution in [3.05, 3.63) is 45.7 Å². The van der Waals surface area contributed by atoms with E-state index in [1.54, 1.807) is 13.0 Å². The van der Waals surface area contributed by atoms with E-state index in [1.807, 2.05) is 27.7 Å². The maximum Gasteiger partial charge on any atom is 0.410 e. The molecule has 2 rings (SSSR count). The zero-order valence-corrected chi connectivity index (χ0v) is 20.2. The molecular formula is C21H30Cl2F2N4O2. The molecule has 0 bridgehead atoms. The second kappa shape index (κ2) is 13.3. The van der Waals surface area contributed by atoms with Gasteiger partial charge in [0.2, 0.25) is 5.95 Å². The van der Waals surface area contributed by atoms with E-state index in [9.17, 15) is 13.6 Å². The second-order valence-electron chi connectivity index (χ2n) is 5.98. The molecule has 31 heavy (non-hydrogen) atoms. The van der Waals surface area contributed by atoms with Gasteiger partial charge in [0, 0.05) is 23.1 Å². The summed E-state index contributed by atoms with van der Waals surface area (Å²) in [5, 5.41) is 0.508. The van der Waals surface area contributed by atoms with E-state index in [1.165, 1.54) is 11.0 Å². The van der Waals surface area contributed by atoms with Crippen LogP contribution in [0, 0.1) is 0 Å². The average molecular weight is 479 g/mol. The van der Waals surface area contributed by atoms with E-state index in [0.717, 1.165) is 0 Å². The fraction of sp³-hybridized carbons (Fsp3) is 0.476. The first-order valence-corrected chi connectivity index (χ1v) is 10.6. The topological polar surface area (TPSA) is 81.3 Å². The first-order chi connectivity index (χ1) is 14.5. The first kappa shape index (κ1) is 28.8. The van der Waals surface area contributed by atoms with E-state index < -0.39 is 18.6 Å². The summed E-state index contributed by atoms with van der Waals surface area (Å²) in [6, 6.07) is 0. The molecule has 0 fully saturated rings. The van der Waals surface area contributed by atoms with Crippen molar-refractivity contribution < 1.29 is 18.3 Å². The lowest BCUT2D eigenvalue weighted by molar-refractivity contribution is -0.0455. The normalized spacial score (nSPS) is 13.4. The lowest BCUT2D eigenvalue weighted by Gasteiger charge is -2.17. The molecule has 1 aromatic rings. The number of amides is 1. The van der Waals surface area contributed by atoms with Gasteiger partial charge in [-0.3, -0.25) is 4.90 Å². The highest BCUT2D eigenvalue weighted by atomic mass is 35.5. The number of anilines is 1. The molecule has 0 saturated heterocycles. The van der Waals surface area contributed by atoms with E-state index >= 15 is 0 Å². The summed E-state index contributed by atoms with van der Waals surface area (Å²) in [5.74, 6) is -3.12. The van der Waals surface area contributed by atoms with Crippen LogP contribution in [0.2, 0.25) is 0 Å². The summed E-state index contributed by atoms with van der Waals surface area (Å²) in [4.78, 5) is 21.7. The molecule has 1 aromatic heterocycles. The Labute approximate surface area is 192 Å². The second-order valence-corrected chi connectivity index (χ2v) is 6.87. The Morgan fingerprint density at radius 1 is 1.26 bits per heavy atom. The molecule has 0 unspecified atom stereocenters. The van der Waals surface area contributed by atoms with Crippen LogP contribution in [-0.4, -0.2) is 33.5 Å². The van der Waals surface area contributed by atoms with Crippen LogP contribution in [0.25, 0.3) is 5.57 Å². The summed E-state index contributed by atoms with van der Waals surface area (Å²) in [7, 11) is 0. The number of hydrogen-bond acceptors (Lipinski definition) is 5. The third-order valence-corrected chi connectivity index (χ3v) is 4.01. The van der Waals surface area contributed by atoms with E-state index in [0.29, 0.717) is 29.4 Å². The maximum absolute atomic E-state index is 12.9. The van der Waals surface area contributed by atoms with Crippen molar-refractivity contribution in [1.82, 2.24) is 14.9 Å². The summed E-state index contributed by atoms with van der Waals surface area (Å²) in [5.41, 5.74) is 7.82. The lowest BCUT2D eigenvalue weighted by atomic mass is 10.0. The Kier molecular flexibility index (Phi) is 12.3. The quantitative estimate of drug-likeness (QED) is 0.488. The first-order valence-electron chi connectivity index (χ1n) is 9.85. The average Bonchev–Trinajstić information content (AvgIpc) is 3.12. The van der Waals surface area contributed by atoms with Crippen molar-refractivity contribution in [2.24, 2.45) is 0 Å². The minimum atomic E-state index is -3.11. The lowest BCUT2D eigenvalue weighted by Crippen LogP contribution is -2.30. The number of carbonyl (C=O) groups excluding carboxylic acids is 1. The summed E-state index contributed by atoms with van der Waals surface area (Å²) in [6.07, 6.45) is 2.28. The molecule has 0 aromatic carbocycles. The predicted molar refractivity (Wildman–Crippen MR) is 123 cm³/mol. The van der Waals surface area contributed by atoms with E-state index in [2.05, 4.69) is 21.3 Å². The number of halogens is 4. The molecule has 174 valence electrons. The number of ether oxygens (including phenoxy) is 1. The molecule has 2 N–H and O–H groups in total. The van der Waals surface area contributed by atoms with Crippen molar-refractivity contribution in [1.29, 1.82) is 0 Å². The van der Waals surface area contributed by atoms with Gasteiger partial charge in [0.25, 0.3) is 5.92 Å². The molecule has 1 aliphatic rings. The number of rotatable bonds is 5. The summed E-state index contributed by atoms with van der Waals surface area (Å²) >= 11 is 12.1. The van der Waals surface area contributed by atoms with Crippen molar-refractivity contribution in [3.8, 4) is 0 Å². The van der Waals surface area contributed by atoms with Crippen LogP contribution in [0.15, 0.2) is 28.8 Å². The molecule has 0 atom stereocenters. The molecule has 10 heteroatoms. The van der Waals surface area contributed by atoms with Gasteiger partial charge in [-0.1, -0.05) is 63.6 Å². The molecule has 0 aliphatic carbocycles. The number of carbonyl (C=O) groups is 1. The number of hydrogen-bond donors (Lipinski definition) is 1. The molecule has 1 amide bonds. The molecule has 0 radical (unpaired) electrons. The monoisotopic (exact) mass is 478 g/mol. The van der Waals surface area contributed by atoms with Crippen LogP contribution in [0.5, 0.6) is 0 Å². The van der Waals surface area contributed by atoms with E-state index in [-0.39, 0.29) is 29.1 Å². The van der Waals surface area contributed by atoms with Crippen LogP contribution < -0.4 is 5.73 Å². The Morgan fingerprint density at radius 3 is 2.32 bits per heavy atom. The van der Waals surface area contributed by atoms with Gasteiger partial charge in [-0.15, -0.1) is 0 Å². The number of nitrogens with two attached hydrogens (primary N) is 1. The fourth-order valence-corrected chi connectivity index (χ4v) is 3.00. The van der Waals surface area contributed by atoms with Crippen molar-refractivity contribution in [3.63, 3.8) is 0 Å². The summed E-state index contributed by atoms with van der Waals surface area (Å²) in [6.45, 7) is 13.1. The maximum atomic E-state index is 12.9. The highest BCUT2D eigenvalue weighted by molar-refractivity contribution is 6.39. The van der Waals surface area contributed by atoms with Gasteiger partial charge < -0.3 is 10.5 Å². The van der Waals surface area contributed by atoms with Crippen LogP contribution in [0.3, 0.4) is 0 Å². The highest BCUT2D eigenvalue weighted by Crippen LogP contribution is 2.34. The van der Waals surface area contributed by atoms with Gasteiger partial charge in [-0.2, -0.15) is 0 Å². The zero-order chi connectivity index (χ0) is 24.4. The van der Waals surface area contributed by atoms with Gasteiger partial charge in [-0.05, 0) is 13.0 Å². The third-order valence-electron chi connectivity index (χ3n) is 3.59. The van der Waals surface area contributed by atoms with Crippen LogP contribution in [0.1, 0.15) is 58.5 Å². The number of allylic oxidation sites excluding steroid dienone is 5. The van der Waals surface area contributed by atoms with Crippen LogP contribution in [-0.2, 0) is 17.8 Å². The number of fused-ring (bicyclic) bond motifs is 1. The van der Waals surface area contributed by atoms with Gasteiger partial charge in [0.15, 0.2) is 6.61 Å². The summed E-state index contributed by atoms with van der Waals surface area (Å²) < 4.78 is 30.5. The molecule has 0 spiro atoms. The molecule has 2 heterocycles. The van der Waals surface area contributed by atoms with Crippen LogP contribution in [0.4, 0.5) is 19.5 Å². The van der Waals surface area contributed by atoms with Gasteiger partial charge in [0.1, 0.15) is 0 Å². The standard InChI is InChI=1S/C17H18Cl2F2N4O2.2C2H6/c1-4-10(12(19)5-9(2)18)14-11-6-25(7-13(11)23-15(22)24-14)16(26)27-8-17(3,20)21;2*1-2/h4-5H,2,6-8H2,1,3H3,(H2,22,23,24);2*1-2H3/b10-4+,12-5+;;. The number of alkyl halides is 2. The van der Waals surface area contributed by atoms with Crippen molar-refractivity contribution in [2.75, 3.05) is 12.3 Å². The van der Waals surface area contributed by atoms with Gasteiger partial charge >= 0.3 is 6.09 Å². The number of nitrogen functional groups attached to an aromatic ring is 1. The van der Waals surface area contributed by atoms with Crippen molar-refractivity contribution >= 4 is 40.8 Å². The third kappa shape index (κ3) is 8.83. The largest absolute Gasteiger partial charge is 0.443 e.